The Morgan fingerprint density at radius 2 is 1.94 bits per heavy atom. The molecule has 1 aromatic rings. The lowest BCUT2D eigenvalue weighted by Gasteiger charge is -2.32. The average molecular weight is 274 g/mol. The standard InChI is InChI=1S/C12H19O5P/c1-3-8-12(16-2,17-18(14)15)9-10-6-4-5-7-11(10)13/h4-7,13-15H,3,8-9H2,1-2H3. The van der Waals surface area contributed by atoms with Gasteiger partial charge in [-0.3, -0.25) is 4.52 Å². The lowest BCUT2D eigenvalue weighted by Crippen LogP contribution is -2.35. The summed E-state index contributed by atoms with van der Waals surface area (Å²) < 4.78 is 10.4. The second-order valence-corrected chi connectivity index (χ2v) is 4.70. The van der Waals surface area contributed by atoms with Gasteiger partial charge in [-0.25, -0.2) is 0 Å². The molecule has 0 aromatic heterocycles. The first-order valence-electron chi connectivity index (χ1n) is 5.72. The molecule has 5 nitrogen and oxygen atoms in total. The normalized spacial score (nSPS) is 14.7. The van der Waals surface area contributed by atoms with E-state index in [-0.39, 0.29) is 12.2 Å². The van der Waals surface area contributed by atoms with E-state index in [4.69, 9.17) is 19.0 Å². The minimum absolute atomic E-state index is 0.138. The van der Waals surface area contributed by atoms with Crippen molar-refractivity contribution in [2.45, 2.75) is 32.0 Å². The van der Waals surface area contributed by atoms with Gasteiger partial charge in [0.05, 0.1) is 0 Å². The smallest absolute Gasteiger partial charge is 0.329 e. The predicted molar refractivity (Wildman–Crippen MR) is 68.9 cm³/mol. The maximum atomic E-state index is 9.74. The fourth-order valence-corrected chi connectivity index (χ4v) is 2.39. The Morgan fingerprint density at radius 3 is 2.44 bits per heavy atom. The summed E-state index contributed by atoms with van der Waals surface area (Å²) in [4.78, 5) is 18.1. The van der Waals surface area contributed by atoms with E-state index in [1.54, 1.807) is 24.3 Å². The first kappa shape index (κ1) is 15.3. The van der Waals surface area contributed by atoms with Crippen LogP contribution in [-0.4, -0.2) is 27.8 Å². The molecule has 0 fully saturated rings. The van der Waals surface area contributed by atoms with Crippen molar-refractivity contribution in [2.24, 2.45) is 0 Å². The highest BCUT2D eigenvalue weighted by molar-refractivity contribution is 7.39. The molecule has 0 heterocycles. The fourth-order valence-electron chi connectivity index (χ4n) is 1.86. The fraction of sp³-hybridized carbons (Fsp3) is 0.500. The molecule has 1 atom stereocenters. The molecule has 0 bridgehead atoms. The summed E-state index contributed by atoms with van der Waals surface area (Å²) in [6, 6.07) is 6.84. The molecular weight excluding hydrogens is 255 g/mol. The van der Waals surface area contributed by atoms with Crippen molar-refractivity contribution in [2.75, 3.05) is 7.11 Å². The number of benzene rings is 1. The van der Waals surface area contributed by atoms with E-state index in [2.05, 4.69) is 0 Å². The summed E-state index contributed by atoms with van der Waals surface area (Å²) in [7, 11) is -1.07. The SMILES string of the molecule is CCCC(Cc1ccccc1O)(OC)OP(O)O. The molecule has 0 amide bonds. The summed E-state index contributed by atoms with van der Waals surface area (Å²) in [5.41, 5.74) is 0.643. The summed E-state index contributed by atoms with van der Waals surface area (Å²) >= 11 is 0. The van der Waals surface area contributed by atoms with Crippen LogP contribution in [0.25, 0.3) is 0 Å². The van der Waals surface area contributed by atoms with Gasteiger partial charge in [-0.15, -0.1) is 0 Å². The van der Waals surface area contributed by atoms with Gasteiger partial charge in [0.15, 0.2) is 5.79 Å². The van der Waals surface area contributed by atoms with E-state index < -0.39 is 14.4 Å². The molecule has 0 saturated heterocycles. The van der Waals surface area contributed by atoms with Crippen LogP contribution in [0.5, 0.6) is 5.75 Å². The number of ether oxygens (including phenoxy) is 1. The predicted octanol–water partition coefficient (Wildman–Crippen LogP) is 2.31. The van der Waals surface area contributed by atoms with Crippen molar-refractivity contribution in [1.82, 2.24) is 0 Å². The van der Waals surface area contributed by atoms with E-state index in [9.17, 15) is 5.11 Å². The van der Waals surface area contributed by atoms with E-state index in [1.165, 1.54) is 7.11 Å². The van der Waals surface area contributed by atoms with Crippen molar-refractivity contribution in [1.29, 1.82) is 0 Å². The number of hydrogen-bond donors (Lipinski definition) is 3. The minimum Gasteiger partial charge on any atom is -0.508 e. The molecule has 3 N–H and O–H groups in total. The third-order valence-corrected chi connectivity index (χ3v) is 3.20. The molecule has 1 aromatic carbocycles. The van der Waals surface area contributed by atoms with Crippen LogP contribution in [0.4, 0.5) is 0 Å². The van der Waals surface area contributed by atoms with Crippen LogP contribution < -0.4 is 0 Å². The molecule has 102 valence electrons. The quantitative estimate of drug-likeness (QED) is 0.525. The lowest BCUT2D eigenvalue weighted by atomic mass is 10.0. The molecule has 0 radical (unpaired) electrons. The zero-order valence-corrected chi connectivity index (χ0v) is 11.4. The third-order valence-electron chi connectivity index (χ3n) is 2.70. The minimum atomic E-state index is -2.52. The van der Waals surface area contributed by atoms with Crippen LogP contribution >= 0.6 is 8.60 Å². The first-order valence-corrected chi connectivity index (χ1v) is 6.88. The Morgan fingerprint density at radius 1 is 1.28 bits per heavy atom. The van der Waals surface area contributed by atoms with Gasteiger partial charge in [0.2, 0.25) is 0 Å². The first-order chi connectivity index (χ1) is 8.53. The Balaban J connectivity index is 2.93. The van der Waals surface area contributed by atoms with E-state index in [1.807, 2.05) is 6.92 Å². The van der Waals surface area contributed by atoms with Gasteiger partial charge in [-0.1, -0.05) is 31.5 Å². The molecule has 6 heteroatoms. The van der Waals surface area contributed by atoms with E-state index in [0.29, 0.717) is 12.0 Å². The zero-order valence-electron chi connectivity index (χ0n) is 10.5. The molecule has 1 rings (SSSR count). The number of hydrogen-bond acceptors (Lipinski definition) is 5. The van der Waals surface area contributed by atoms with Crippen molar-refractivity contribution >= 4 is 8.60 Å². The highest BCUT2D eigenvalue weighted by Crippen LogP contribution is 2.39. The maximum absolute atomic E-state index is 9.74. The van der Waals surface area contributed by atoms with Crippen LogP contribution in [0.15, 0.2) is 24.3 Å². The Bertz CT molecular complexity index is 371. The van der Waals surface area contributed by atoms with Crippen LogP contribution in [-0.2, 0) is 15.7 Å². The molecule has 1 unspecified atom stereocenters. The van der Waals surface area contributed by atoms with Gasteiger partial charge < -0.3 is 19.6 Å². The van der Waals surface area contributed by atoms with E-state index >= 15 is 0 Å². The van der Waals surface area contributed by atoms with Crippen molar-refractivity contribution in [3.05, 3.63) is 29.8 Å². The second kappa shape index (κ2) is 7.02. The van der Waals surface area contributed by atoms with Gasteiger partial charge in [-0.2, -0.15) is 0 Å². The highest BCUT2D eigenvalue weighted by atomic mass is 31.2. The van der Waals surface area contributed by atoms with Crippen LogP contribution in [0.2, 0.25) is 0 Å². The average Bonchev–Trinajstić information content (AvgIpc) is 2.31. The van der Waals surface area contributed by atoms with Gasteiger partial charge in [0.1, 0.15) is 5.75 Å². The largest absolute Gasteiger partial charge is 0.508 e. The number of aromatic hydroxyl groups is 1. The number of para-hydroxylation sites is 1. The van der Waals surface area contributed by atoms with Crippen LogP contribution in [0, 0.1) is 0 Å². The number of methoxy groups -OCH3 is 1. The maximum Gasteiger partial charge on any atom is 0.329 e. The Kier molecular flexibility index (Phi) is 5.99. The number of rotatable bonds is 7. The Hall–Kier alpha value is -0.710. The molecule has 18 heavy (non-hydrogen) atoms. The second-order valence-electron chi connectivity index (χ2n) is 4.01. The van der Waals surface area contributed by atoms with Gasteiger partial charge >= 0.3 is 8.60 Å². The highest BCUT2D eigenvalue weighted by Gasteiger charge is 2.34. The van der Waals surface area contributed by atoms with Crippen LogP contribution in [0.3, 0.4) is 0 Å². The van der Waals surface area contributed by atoms with Crippen molar-refractivity contribution in [3.8, 4) is 5.75 Å². The zero-order chi connectivity index (χ0) is 13.6. The topological polar surface area (TPSA) is 79.2 Å². The van der Waals surface area contributed by atoms with Gasteiger partial charge in [0, 0.05) is 20.0 Å². The molecule has 0 spiro atoms. The van der Waals surface area contributed by atoms with Gasteiger partial charge in [0.25, 0.3) is 0 Å². The molecular formula is C12H19O5P. The number of phenols is 1. The van der Waals surface area contributed by atoms with Gasteiger partial charge in [-0.05, 0) is 11.6 Å². The van der Waals surface area contributed by atoms with Crippen molar-refractivity contribution < 1.29 is 24.2 Å². The van der Waals surface area contributed by atoms with E-state index in [0.717, 1.165) is 6.42 Å². The molecule has 0 aliphatic rings. The van der Waals surface area contributed by atoms with Crippen molar-refractivity contribution in [3.63, 3.8) is 0 Å². The summed E-state index contributed by atoms with van der Waals surface area (Å²) in [6.07, 6.45) is 1.51. The Labute approximate surface area is 108 Å². The molecule has 0 aliphatic carbocycles. The molecule has 0 saturated carbocycles. The summed E-state index contributed by atoms with van der Waals surface area (Å²) in [6.45, 7) is 1.94. The monoisotopic (exact) mass is 274 g/mol. The summed E-state index contributed by atoms with van der Waals surface area (Å²) in [5, 5.41) is 9.74. The lowest BCUT2D eigenvalue weighted by molar-refractivity contribution is -0.172. The third kappa shape index (κ3) is 4.19. The molecule has 0 aliphatic heterocycles. The number of phenolic OH excluding ortho intramolecular Hbond substituents is 1. The van der Waals surface area contributed by atoms with Crippen LogP contribution in [0.1, 0.15) is 25.3 Å². The summed E-state index contributed by atoms with van der Waals surface area (Å²) in [5.74, 6) is -0.984.